The molecular weight excluding hydrogens is 304 g/mol. The molecule has 2 heterocycles. The minimum absolute atomic E-state index is 0.0753. The predicted octanol–water partition coefficient (Wildman–Crippen LogP) is 4.31. The summed E-state index contributed by atoms with van der Waals surface area (Å²) in [5.74, 6) is 0.0753. The maximum absolute atomic E-state index is 12.7. The van der Waals surface area contributed by atoms with E-state index in [-0.39, 0.29) is 11.9 Å². The summed E-state index contributed by atoms with van der Waals surface area (Å²) in [6.07, 6.45) is 2.58. The first-order valence-corrected chi connectivity index (χ1v) is 8.53. The molecule has 1 unspecified atom stereocenters. The van der Waals surface area contributed by atoms with Crippen LogP contribution in [0.4, 0.5) is 0 Å². The molecule has 0 aliphatic rings. The molecule has 0 N–H and O–H groups in total. The molecule has 2 aromatic heterocycles. The van der Waals surface area contributed by atoms with E-state index in [0.29, 0.717) is 0 Å². The van der Waals surface area contributed by atoms with E-state index >= 15 is 0 Å². The van der Waals surface area contributed by atoms with Crippen molar-refractivity contribution in [1.29, 1.82) is 0 Å². The van der Waals surface area contributed by atoms with Crippen LogP contribution < -0.4 is 0 Å². The van der Waals surface area contributed by atoms with Gasteiger partial charge in [-0.1, -0.05) is 18.2 Å². The quantitative estimate of drug-likeness (QED) is 0.716. The van der Waals surface area contributed by atoms with E-state index in [1.54, 1.807) is 11.3 Å². The van der Waals surface area contributed by atoms with Gasteiger partial charge in [0.25, 0.3) is 5.91 Å². The second kappa shape index (κ2) is 6.50. The number of nitrogens with zero attached hydrogens (tertiary/aromatic N) is 2. The second-order valence-electron chi connectivity index (χ2n) is 5.94. The summed E-state index contributed by atoms with van der Waals surface area (Å²) in [5, 5.41) is 1.13. The topological polar surface area (TPSA) is 33.2 Å². The summed E-state index contributed by atoms with van der Waals surface area (Å²) < 4.78 is 1.15. The van der Waals surface area contributed by atoms with Crippen molar-refractivity contribution in [3.05, 3.63) is 64.8 Å². The smallest absolute Gasteiger partial charge is 0.263 e. The molecule has 1 amide bonds. The molecule has 4 heteroatoms. The number of likely N-dealkylation sites (N-methyl/N-ethyl adjacent to an activating group) is 1. The Morgan fingerprint density at radius 3 is 2.78 bits per heavy atom. The molecule has 0 saturated carbocycles. The number of aryl methyl sites for hydroxylation is 1. The summed E-state index contributed by atoms with van der Waals surface area (Å²) in [4.78, 5) is 19.7. The molecule has 1 aromatic carbocycles. The molecule has 0 bridgehead atoms. The molecule has 0 aliphatic heterocycles. The number of fused-ring (bicyclic) bond motifs is 1. The third-order valence-electron chi connectivity index (χ3n) is 4.09. The van der Waals surface area contributed by atoms with E-state index in [2.05, 4.69) is 31.0 Å². The van der Waals surface area contributed by atoms with Crippen LogP contribution in [0.25, 0.3) is 10.1 Å². The molecule has 3 nitrogen and oxygen atoms in total. The van der Waals surface area contributed by atoms with Gasteiger partial charge in [0.15, 0.2) is 0 Å². The Morgan fingerprint density at radius 1 is 1.26 bits per heavy atom. The first-order chi connectivity index (χ1) is 11.0. The lowest BCUT2D eigenvalue weighted by atomic mass is 10.1. The molecule has 0 spiro atoms. The van der Waals surface area contributed by atoms with Crippen LogP contribution in [-0.2, 0) is 6.42 Å². The van der Waals surface area contributed by atoms with Crippen molar-refractivity contribution in [3.63, 3.8) is 0 Å². The van der Waals surface area contributed by atoms with Crippen LogP contribution in [0.15, 0.2) is 48.7 Å². The van der Waals surface area contributed by atoms with Crippen molar-refractivity contribution in [1.82, 2.24) is 9.88 Å². The van der Waals surface area contributed by atoms with Crippen molar-refractivity contribution in [2.45, 2.75) is 26.3 Å². The number of hydrogen-bond acceptors (Lipinski definition) is 3. The van der Waals surface area contributed by atoms with E-state index < -0.39 is 0 Å². The number of carbonyl (C=O) groups excluding carboxylic acids is 1. The van der Waals surface area contributed by atoms with Crippen molar-refractivity contribution in [3.8, 4) is 0 Å². The summed E-state index contributed by atoms with van der Waals surface area (Å²) in [6.45, 7) is 4.12. The molecule has 0 fully saturated rings. The van der Waals surface area contributed by atoms with E-state index in [1.165, 1.54) is 5.56 Å². The van der Waals surface area contributed by atoms with E-state index in [4.69, 9.17) is 0 Å². The minimum Gasteiger partial charge on any atom is -0.338 e. The third-order valence-corrected chi connectivity index (χ3v) is 5.20. The van der Waals surface area contributed by atoms with Crippen LogP contribution in [0.2, 0.25) is 0 Å². The van der Waals surface area contributed by atoms with Gasteiger partial charge in [0.1, 0.15) is 0 Å². The average Bonchev–Trinajstić information content (AvgIpc) is 2.97. The highest BCUT2D eigenvalue weighted by Gasteiger charge is 2.20. The van der Waals surface area contributed by atoms with E-state index in [9.17, 15) is 4.79 Å². The van der Waals surface area contributed by atoms with Gasteiger partial charge in [-0.15, -0.1) is 11.3 Å². The van der Waals surface area contributed by atoms with Gasteiger partial charge < -0.3 is 4.90 Å². The molecule has 1 atom stereocenters. The number of benzene rings is 1. The molecule has 3 rings (SSSR count). The zero-order valence-electron chi connectivity index (χ0n) is 13.6. The Labute approximate surface area is 140 Å². The van der Waals surface area contributed by atoms with Gasteiger partial charge in [0.05, 0.1) is 4.88 Å². The molecule has 23 heavy (non-hydrogen) atoms. The number of pyridine rings is 1. The zero-order chi connectivity index (χ0) is 16.4. The first kappa shape index (κ1) is 15.7. The van der Waals surface area contributed by atoms with Crippen molar-refractivity contribution < 1.29 is 4.79 Å². The van der Waals surface area contributed by atoms with Gasteiger partial charge in [-0.25, -0.2) is 0 Å². The highest BCUT2D eigenvalue weighted by atomic mass is 32.1. The largest absolute Gasteiger partial charge is 0.338 e. The maximum Gasteiger partial charge on any atom is 0.263 e. The zero-order valence-corrected chi connectivity index (χ0v) is 14.4. The van der Waals surface area contributed by atoms with Gasteiger partial charge in [-0.05, 0) is 49.1 Å². The number of hydrogen-bond donors (Lipinski definition) is 0. The lowest BCUT2D eigenvalue weighted by Crippen LogP contribution is -2.36. The average molecular weight is 324 g/mol. The Hall–Kier alpha value is -2.20. The van der Waals surface area contributed by atoms with Crippen LogP contribution >= 0.6 is 11.3 Å². The summed E-state index contributed by atoms with van der Waals surface area (Å²) >= 11 is 1.55. The molecule has 0 aliphatic carbocycles. The maximum atomic E-state index is 12.7. The second-order valence-corrected chi connectivity index (χ2v) is 7.03. The van der Waals surface area contributed by atoms with Gasteiger partial charge in [0.2, 0.25) is 0 Å². The molecule has 0 saturated heterocycles. The molecular formula is C19H20N2OS. The van der Waals surface area contributed by atoms with Crippen LogP contribution in [0, 0.1) is 6.92 Å². The first-order valence-electron chi connectivity index (χ1n) is 7.72. The number of carbonyl (C=O) groups is 1. The van der Waals surface area contributed by atoms with Crippen LogP contribution in [0.3, 0.4) is 0 Å². The fraction of sp³-hybridized carbons (Fsp3) is 0.263. The van der Waals surface area contributed by atoms with Crippen LogP contribution in [-0.4, -0.2) is 28.9 Å². The number of rotatable bonds is 4. The Bertz CT molecular complexity index is 807. The normalized spacial score (nSPS) is 12.3. The van der Waals surface area contributed by atoms with Crippen LogP contribution in [0.1, 0.15) is 27.9 Å². The fourth-order valence-electron chi connectivity index (χ4n) is 2.61. The lowest BCUT2D eigenvalue weighted by molar-refractivity contribution is 0.0748. The van der Waals surface area contributed by atoms with Crippen LogP contribution in [0.5, 0.6) is 0 Å². The van der Waals surface area contributed by atoms with E-state index in [1.807, 2.05) is 48.5 Å². The molecule has 0 radical (unpaired) electrons. The number of amides is 1. The highest BCUT2D eigenvalue weighted by Crippen LogP contribution is 2.26. The molecule has 118 valence electrons. The van der Waals surface area contributed by atoms with Gasteiger partial charge in [0, 0.05) is 36.1 Å². The monoisotopic (exact) mass is 324 g/mol. The van der Waals surface area contributed by atoms with Gasteiger partial charge >= 0.3 is 0 Å². The number of aromatic nitrogens is 1. The summed E-state index contributed by atoms with van der Waals surface area (Å²) in [6, 6.07) is 14.2. The summed E-state index contributed by atoms with van der Waals surface area (Å²) in [7, 11) is 1.87. The van der Waals surface area contributed by atoms with Crippen molar-refractivity contribution >= 4 is 27.3 Å². The van der Waals surface area contributed by atoms with E-state index in [0.717, 1.165) is 27.1 Å². The van der Waals surface area contributed by atoms with Crippen molar-refractivity contribution in [2.75, 3.05) is 7.05 Å². The Balaban J connectivity index is 1.75. The Morgan fingerprint density at radius 2 is 2.04 bits per heavy atom. The Kier molecular flexibility index (Phi) is 4.44. The standard InChI is InChI=1S/C19H20N2OS/c1-13-8-9-20-16(10-13)11-14(2)21(3)19(22)18-12-15-6-4-5-7-17(15)23-18/h4-10,12,14H,11H2,1-3H3. The SMILES string of the molecule is Cc1ccnc(CC(C)N(C)C(=O)c2cc3ccccc3s2)c1. The van der Waals surface area contributed by atoms with Crippen molar-refractivity contribution in [2.24, 2.45) is 0 Å². The third kappa shape index (κ3) is 3.42. The summed E-state index contributed by atoms with van der Waals surface area (Å²) in [5.41, 5.74) is 2.22. The predicted molar refractivity (Wildman–Crippen MR) is 96.1 cm³/mol. The van der Waals surface area contributed by atoms with Gasteiger partial charge in [-0.3, -0.25) is 9.78 Å². The highest BCUT2D eigenvalue weighted by molar-refractivity contribution is 7.20. The minimum atomic E-state index is 0.0753. The lowest BCUT2D eigenvalue weighted by Gasteiger charge is -2.24. The fourth-order valence-corrected chi connectivity index (χ4v) is 3.66. The number of thiophene rings is 1. The van der Waals surface area contributed by atoms with Gasteiger partial charge in [-0.2, -0.15) is 0 Å². The molecule has 3 aromatic rings.